The van der Waals surface area contributed by atoms with Crippen LogP contribution in [-0.2, 0) is 20.8 Å². The van der Waals surface area contributed by atoms with Gasteiger partial charge >= 0.3 is 12.2 Å². The number of halogens is 1. The molecule has 0 bridgehead atoms. The van der Waals surface area contributed by atoms with Gasteiger partial charge in [-0.1, -0.05) is 60.7 Å². The zero-order chi connectivity index (χ0) is 42.7. The molecular weight excluding hydrogens is 784 g/mol. The topological polar surface area (TPSA) is 186 Å². The number of aromatic nitrogens is 1. The molecule has 0 aliphatic carbocycles. The summed E-state index contributed by atoms with van der Waals surface area (Å²) in [5.74, 6) is -0.580. The van der Waals surface area contributed by atoms with Gasteiger partial charge in [0.15, 0.2) is 0 Å². The van der Waals surface area contributed by atoms with Crippen LogP contribution < -0.4 is 21.5 Å². The van der Waals surface area contributed by atoms with E-state index in [0.29, 0.717) is 73.9 Å². The molecule has 61 heavy (non-hydrogen) atoms. The number of hydrogen-bond donors (Lipinski definition) is 6. The first kappa shape index (κ1) is 42.8. The molecule has 1 aromatic heterocycles. The fourth-order valence-corrected chi connectivity index (χ4v) is 7.89. The van der Waals surface area contributed by atoms with Crippen molar-refractivity contribution in [3.05, 3.63) is 124 Å². The molecule has 6 N–H and O–H groups in total. The number of para-hydroxylation sites is 1. The molecule has 15 heteroatoms. The van der Waals surface area contributed by atoms with Crippen LogP contribution >= 0.6 is 0 Å². The maximum Gasteiger partial charge on any atom is 0.411 e. The van der Waals surface area contributed by atoms with Gasteiger partial charge < -0.3 is 39.8 Å². The highest BCUT2D eigenvalue weighted by Gasteiger charge is 2.27. The number of phenolic OH excluding ortho intramolecular Hbond substituents is 1. The van der Waals surface area contributed by atoms with E-state index in [9.17, 15) is 33.8 Å². The van der Waals surface area contributed by atoms with Crippen LogP contribution in [0, 0.1) is 11.7 Å². The number of aliphatic hydroxyl groups excluding tert-OH is 1. The molecule has 4 aromatic carbocycles. The Labute approximate surface area is 352 Å². The number of piperidine rings is 2. The Balaban J connectivity index is 0.756. The van der Waals surface area contributed by atoms with Crippen molar-refractivity contribution in [1.29, 1.82) is 0 Å². The second kappa shape index (κ2) is 20.3. The smallest absolute Gasteiger partial charge is 0.411 e. The van der Waals surface area contributed by atoms with Gasteiger partial charge in [0.25, 0.3) is 0 Å². The minimum atomic E-state index is -0.970. The van der Waals surface area contributed by atoms with E-state index >= 15 is 0 Å². The summed E-state index contributed by atoms with van der Waals surface area (Å²) in [6, 6.07) is 27.7. The number of likely N-dealkylation sites (tertiary alicyclic amines) is 2. The second-order valence-electron chi connectivity index (χ2n) is 15.5. The Kier molecular flexibility index (Phi) is 14.3. The van der Waals surface area contributed by atoms with Gasteiger partial charge in [0.2, 0.25) is 11.5 Å². The summed E-state index contributed by atoms with van der Waals surface area (Å²) >= 11 is 0. The van der Waals surface area contributed by atoms with E-state index in [1.807, 2.05) is 59.5 Å². The average molecular weight is 835 g/mol. The van der Waals surface area contributed by atoms with Crippen LogP contribution in [0.4, 0.5) is 25.4 Å². The summed E-state index contributed by atoms with van der Waals surface area (Å²) in [6.45, 7) is 3.74. The number of hydrogen-bond acceptors (Lipinski definition) is 10. The Morgan fingerprint density at radius 3 is 2.34 bits per heavy atom. The number of rotatable bonds is 14. The Hall–Kier alpha value is -6.29. The number of ether oxygens (including phenoxy) is 2. The summed E-state index contributed by atoms with van der Waals surface area (Å²) in [5, 5.41) is 29.8. The van der Waals surface area contributed by atoms with Crippen LogP contribution in [-0.4, -0.2) is 95.1 Å². The monoisotopic (exact) mass is 834 g/mol. The van der Waals surface area contributed by atoms with Crippen molar-refractivity contribution in [1.82, 2.24) is 20.1 Å². The lowest BCUT2D eigenvalue weighted by Crippen LogP contribution is -2.43. The number of nitrogens with zero attached hydrogens (tertiary/aromatic N) is 2. The minimum absolute atomic E-state index is 0.0262. The summed E-state index contributed by atoms with van der Waals surface area (Å²) in [6.07, 6.45) is 0.746. The lowest BCUT2D eigenvalue weighted by atomic mass is 9.97. The largest absolute Gasteiger partial charge is 0.506 e. The number of aliphatic hydroxyl groups is 1. The number of H-pyrrole nitrogens is 1. The van der Waals surface area contributed by atoms with Crippen molar-refractivity contribution >= 4 is 40.4 Å². The van der Waals surface area contributed by atoms with Crippen LogP contribution in [0.25, 0.3) is 22.0 Å². The van der Waals surface area contributed by atoms with E-state index in [1.54, 1.807) is 12.1 Å². The number of aromatic amines is 1. The summed E-state index contributed by atoms with van der Waals surface area (Å²) in [7, 11) is 0. The molecular formula is C46H51FN6O8. The maximum atomic E-state index is 14.9. The van der Waals surface area contributed by atoms with Crippen LogP contribution in [0.5, 0.6) is 5.75 Å². The molecule has 3 amide bonds. The van der Waals surface area contributed by atoms with Gasteiger partial charge in [-0.25, -0.2) is 14.0 Å². The maximum absolute atomic E-state index is 14.9. The highest BCUT2D eigenvalue weighted by Crippen LogP contribution is 2.30. The van der Waals surface area contributed by atoms with Crippen LogP contribution in [0.1, 0.15) is 49.3 Å². The van der Waals surface area contributed by atoms with Gasteiger partial charge in [-0.3, -0.25) is 20.2 Å². The van der Waals surface area contributed by atoms with E-state index in [4.69, 9.17) is 9.47 Å². The fraction of sp³-hybridized carbons (Fsp3) is 0.348. The quantitative estimate of drug-likeness (QED) is 0.0699. The summed E-state index contributed by atoms with van der Waals surface area (Å²) in [4.78, 5) is 56.7. The van der Waals surface area contributed by atoms with Crippen molar-refractivity contribution in [3.63, 3.8) is 0 Å². The average Bonchev–Trinajstić information content (AvgIpc) is 3.27. The molecule has 2 aliphatic heterocycles. The molecule has 7 rings (SSSR count). The molecule has 14 nitrogen and oxygen atoms in total. The highest BCUT2D eigenvalue weighted by atomic mass is 19.1. The standard InChI is InChI=1S/C46H51FN6O8/c47-37-26-31(27-48-28-41(55)35-11-14-40(54)44-36(35)12-15-42(56)51-44)10-13-39(37)50-45(58)60-29-30-16-24-53(25-17-30)43(57)20-23-52-21-18-33(19-22-52)61-46(59)49-38-9-5-4-8-34(38)32-6-2-1-3-7-32/h1-15,26,30,33,41,48,54-55H,16-25,27-29H2,(H,49,59)(H,50,58)(H,51,56)/t41-/m0/s1. The predicted octanol–water partition coefficient (Wildman–Crippen LogP) is 6.75. The molecule has 5 aromatic rings. The van der Waals surface area contributed by atoms with Crippen LogP contribution in [0.3, 0.4) is 0 Å². The zero-order valence-corrected chi connectivity index (χ0v) is 33.8. The Morgan fingerprint density at radius 2 is 1.57 bits per heavy atom. The van der Waals surface area contributed by atoms with Crippen LogP contribution in [0.15, 0.2) is 102 Å². The third kappa shape index (κ3) is 11.5. The van der Waals surface area contributed by atoms with E-state index in [-0.39, 0.29) is 60.1 Å². The third-order valence-electron chi connectivity index (χ3n) is 11.3. The number of carbonyl (C=O) groups is 3. The van der Waals surface area contributed by atoms with Gasteiger partial charge in [-0.15, -0.1) is 0 Å². The third-order valence-corrected chi connectivity index (χ3v) is 11.3. The first-order valence-corrected chi connectivity index (χ1v) is 20.7. The van der Waals surface area contributed by atoms with Gasteiger partial charge in [-0.2, -0.15) is 0 Å². The number of benzene rings is 4. The molecule has 0 unspecified atom stereocenters. The van der Waals surface area contributed by atoms with Gasteiger partial charge in [0.1, 0.15) is 17.7 Å². The van der Waals surface area contributed by atoms with Crippen molar-refractivity contribution in [2.24, 2.45) is 5.92 Å². The number of aromatic hydroxyl groups is 1. The van der Waals surface area contributed by atoms with Crippen LogP contribution in [0.2, 0.25) is 0 Å². The molecule has 0 spiro atoms. The first-order valence-electron chi connectivity index (χ1n) is 20.7. The fourth-order valence-electron chi connectivity index (χ4n) is 7.89. The van der Waals surface area contributed by atoms with Gasteiger partial charge in [0, 0.05) is 69.3 Å². The first-order chi connectivity index (χ1) is 29.6. The molecule has 2 fully saturated rings. The number of anilines is 2. The molecule has 3 heterocycles. The SMILES string of the molecule is O=C(Nc1ccc(CNC[C@H](O)c2ccc(O)c3[nH]c(=O)ccc23)cc1F)OCC1CCN(C(=O)CCN2CCC(OC(=O)Nc3ccccc3-c3ccccc3)CC2)CC1. The van der Waals surface area contributed by atoms with Crippen molar-refractivity contribution in [3.8, 4) is 16.9 Å². The Bertz CT molecular complexity index is 2360. The molecule has 320 valence electrons. The zero-order valence-electron chi connectivity index (χ0n) is 33.8. The minimum Gasteiger partial charge on any atom is -0.506 e. The predicted molar refractivity (Wildman–Crippen MR) is 230 cm³/mol. The number of nitrogens with one attached hydrogen (secondary N) is 4. The normalized spacial score (nSPS) is 15.6. The number of pyridine rings is 1. The molecule has 0 radical (unpaired) electrons. The lowest BCUT2D eigenvalue weighted by molar-refractivity contribution is -0.133. The van der Waals surface area contributed by atoms with Gasteiger partial charge in [0.05, 0.1) is 29.6 Å². The number of carbonyl (C=O) groups excluding carboxylic acids is 3. The van der Waals surface area contributed by atoms with E-state index < -0.39 is 24.1 Å². The van der Waals surface area contributed by atoms with Crippen molar-refractivity contribution in [2.75, 3.05) is 56.5 Å². The van der Waals surface area contributed by atoms with E-state index in [1.165, 1.54) is 30.3 Å². The molecule has 0 saturated carbocycles. The Morgan fingerprint density at radius 1 is 0.836 bits per heavy atom. The summed E-state index contributed by atoms with van der Waals surface area (Å²) in [5.41, 5.74) is 3.55. The number of fused-ring (bicyclic) bond motifs is 1. The lowest BCUT2D eigenvalue weighted by Gasteiger charge is -2.34. The van der Waals surface area contributed by atoms with E-state index in [0.717, 1.165) is 24.2 Å². The number of phenols is 1. The highest BCUT2D eigenvalue weighted by molar-refractivity contribution is 5.91. The van der Waals surface area contributed by atoms with Gasteiger partial charge in [-0.05, 0) is 78.6 Å². The number of amides is 3. The second-order valence-corrected chi connectivity index (χ2v) is 15.5. The molecule has 1 atom stereocenters. The molecule has 2 saturated heterocycles. The van der Waals surface area contributed by atoms with E-state index in [2.05, 4.69) is 25.8 Å². The summed E-state index contributed by atoms with van der Waals surface area (Å²) < 4.78 is 26.1. The van der Waals surface area contributed by atoms with Crippen molar-refractivity contribution in [2.45, 2.75) is 50.9 Å². The molecule has 2 aliphatic rings. The van der Waals surface area contributed by atoms with Crippen molar-refractivity contribution < 1.29 is 38.5 Å².